The molecule has 0 fully saturated rings. The Labute approximate surface area is 174 Å². The summed E-state index contributed by atoms with van der Waals surface area (Å²) >= 11 is 0. The van der Waals surface area contributed by atoms with Gasteiger partial charge in [0.15, 0.2) is 0 Å². The van der Waals surface area contributed by atoms with E-state index in [1.54, 1.807) is 24.3 Å². The molecule has 0 aliphatic rings. The Kier molecular flexibility index (Phi) is 7.43. The summed E-state index contributed by atoms with van der Waals surface area (Å²) in [5, 5.41) is 5.86. The van der Waals surface area contributed by atoms with Gasteiger partial charge in [0.05, 0.1) is 4.90 Å². The second kappa shape index (κ2) is 9.41. The molecule has 7 heteroatoms. The van der Waals surface area contributed by atoms with Gasteiger partial charge >= 0.3 is 6.03 Å². The number of anilines is 1. The first-order valence-corrected chi connectivity index (χ1v) is 11.2. The number of amides is 2. The molecule has 2 rings (SSSR count). The average molecular weight is 418 g/mol. The van der Waals surface area contributed by atoms with Crippen LogP contribution in [0.4, 0.5) is 10.5 Å². The molecule has 2 amide bonds. The summed E-state index contributed by atoms with van der Waals surface area (Å²) in [4.78, 5) is 12.8. The zero-order valence-corrected chi connectivity index (χ0v) is 18.8. The van der Waals surface area contributed by atoms with Gasteiger partial charge in [-0.25, -0.2) is 17.5 Å². The predicted molar refractivity (Wildman–Crippen MR) is 118 cm³/mol. The fourth-order valence-electron chi connectivity index (χ4n) is 3.03. The van der Waals surface area contributed by atoms with Crippen molar-refractivity contribution in [1.82, 2.24) is 9.62 Å². The second-order valence-corrected chi connectivity index (χ2v) is 10.0. The van der Waals surface area contributed by atoms with Crippen molar-refractivity contribution < 1.29 is 13.2 Å². The maximum Gasteiger partial charge on any atom is 0.319 e. The topological polar surface area (TPSA) is 78.5 Å². The zero-order chi connectivity index (χ0) is 21.8. The standard InChI is InChI=1S/C22H31N3O3S/c1-15(2)19-8-7-9-20(16(3)4)21(19)24-22(26)23-14-17-10-12-18(13-11-17)29(27,28)25(5)6/h7-13,15-16H,14H2,1-6H3,(H2,23,24,26). The van der Waals surface area contributed by atoms with E-state index in [1.807, 2.05) is 18.2 Å². The van der Waals surface area contributed by atoms with Gasteiger partial charge in [-0.15, -0.1) is 0 Å². The quantitative estimate of drug-likeness (QED) is 0.696. The van der Waals surface area contributed by atoms with Crippen molar-refractivity contribution in [1.29, 1.82) is 0 Å². The molecule has 0 spiro atoms. The van der Waals surface area contributed by atoms with E-state index in [1.165, 1.54) is 18.4 Å². The summed E-state index contributed by atoms with van der Waals surface area (Å²) in [5.41, 5.74) is 3.88. The largest absolute Gasteiger partial charge is 0.334 e. The van der Waals surface area contributed by atoms with E-state index < -0.39 is 10.0 Å². The Balaban J connectivity index is 2.10. The van der Waals surface area contributed by atoms with E-state index in [9.17, 15) is 13.2 Å². The maximum absolute atomic E-state index is 12.5. The number of nitrogens with zero attached hydrogens (tertiary/aromatic N) is 1. The summed E-state index contributed by atoms with van der Waals surface area (Å²) in [6, 6.07) is 12.3. The summed E-state index contributed by atoms with van der Waals surface area (Å²) in [6.07, 6.45) is 0. The number of benzene rings is 2. The Morgan fingerprint density at radius 1 is 0.931 bits per heavy atom. The van der Waals surface area contributed by atoms with Crippen molar-refractivity contribution in [2.24, 2.45) is 0 Å². The third-order valence-corrected chi connectivity index (χ3v) is 6.60. The van der Waals surface area contributed by atoms with E-state index in [-0.39, 0.29) is 22.8 Å². The van der Waals surface area contributed by atoms with Gasteiger partial charge in [-0.05, 0) is 40.7 Å². The van der Waals surface area contributed by atoms with Gasteiger partial charge in [0.1, 0.15) is 0 Å². The molecule has 0 bridgehead atoms. The van der Waals surface area contributed by atoms with E-state index >= 15 is 0 Å². The van der Waals surface area contributed by atoms with Crippen LogP contribution in [0.25, 0.3) is 0 Å². The number of sulfonamides is 1. The first kappa shape index (κ1) is 22.9. The number of urea groups is 1. The van der Waals surface area contributed by atoms with Crippen molar-refractivity contribution in [3.8, 4) is 0 Å². The van der Waals surface area contributed by atoms with Gasteiger partial charge in [-0.3, -0.25) is 0 Å². The highest BCUT2D eigenvalue weighted by atomic mass is 32.2. The molecular weight excluding hydrogens is 386 g/mol. The fraction of sp³-hybridized carbons (Fsp3) is 0.409. The van der Waals surface area contributed by atoms with E-state index in [4.69, 9.17) is 0 Å². The van der Waals surface area contributed by atoms with Crippen LogP contribution < -0.4 is 10.6 Å². The minimum Gasteiger partial charge on any atom is -0.334 e. The number of nitrogens with one attached hydrogen (secondary N) is 2. The number of rotatable bonds is 7. The van der Waals surface area contributed by atoms with Crippen LogP contribution in [0.5, 0.6) is 0 Å². The molecule has 0 aliphatic heterocycles. The molecule has 29 heavy (non-hydrogen) atoms. The fourth-order valence-corrected chi connectivity index (χ4v) is 3.93. The zero-order valence-electron chi connectivity index (χ0n) is 18.0. The van der Waals surface area contributed by atoms with E-state index in [0.29, 0.717) is 6.54 Å². The minimum absolute atomic E-state index is 0.225. The van der Waals surface area contributed by atoms with Crippen molar-refractivity contribution in [2.45, 2.75) is 51.0 Å². The molecule has 0 aliphatic carbocycles. The number of para-hydroxylation sites is 1. The molecule has 2 aromatic carbocycles. The summed E-state index contributed by atoms with van der Waals surface area (Å²) in [6.45, 7) is 8.71. The lowest BCUT2D eigenvalue weighted by molar-refractivity contribution is 0.251. The molecule has 0 saturated heterocycles. The van der Waals surface area contributed by atoms with Crippen LogP contribution in [0.15, 0.2) is 47.4 Å². The predicted octanol–water partition coefficient (Wildman–Crippen LogP) is 4.51. The van der Waals surface area contributed by atoms with Gasteiger partial charge in [-0.2, -0.15) is 0 Å². The highest BCUT2D eigenvalue weighted by Gasteiger charge is 2.17. The normalized spacial score (nSPS) is 11.9. The summed E-state index contributed by atoms with van der Waals surface area (Å²) in [5.74, 6) is 0.574. The third kappa shape index (κ3) is 5.58. The lowest BCUT2D eigenvalue weighted by atomic mass is 9.93. The van der Waals surface area contributed by atoms with Gasteiger partial charge in [0.2, 0.25) is 10.0 Å². The molecular formula is C22H31N3O3S. The van der Waals surface area contributed by atoms with Crippen molar-refractivity contribution in [3.63, 3.8) is 0 Å². The van der Waals surface area contributed by atoms with Crippen molar-refractivity contribution in [2.75, 3.05) is 19.4 Å². The van der Waals surface area contributed by atoms with Crippen LogP contribution in [-0.4, -0.2) is 32.8 Å². The molecule has 6 nitrogen and oxygen atoms in total. The molecule has 0 atom stereocenters. The van der Waals surface area contributed by atoms with Crippen LogP contribution in [0.1, 0.15) is 56.2 Å². The molecule has 0 unspecified atom stereocenters. The molecule has 158 valence electrons. The van der Waals surface area contributed by atoms with Crippen LogP contribution in [0, 0.1) is 0 Å². The first-order valence-electron chi connectivity index (χ1n) is 9.73. The number of carbonyl (C=O) groups is 1. The number of hydrogen-bond donors (Lipinski definition) is 2. The average Bonchev–Trinajstić information content (AvgIpc) is 2.66. The molecule has 0 saturated carbocycles. The van der Waals surface area contributed by atoms with Crippen LogP contribution in [0.2, 0.25) is 0 Å². The second-order valence-electron chi connectivity index (χ2n) is 7.86. The Hall–Kier alpha value is -2.38. The lowest BCUT2D eigenvalue weighted by Gasteiger charge is -2.20. The van der Waals surface area contributed by atoms with Gasteiger partial charge in [0.25, 0.3) is 0 Å². The Morgan fingerprint density at radius 2 is 1.45 bits per heavy atom. The monoisotopic (exact) mass is 417 g/mol. The molecule has 0 heterocycles. The van der Waals surface area contributed by atoms with Crippen LogP contribution >= 0.6 is 0 Å². The highest BCUT2D eigenvalue weighted by molar-refractivity contribution is 7.89. The third-order valence-electron chi connectivity index (χ3n) is 4.77. The minimum atomic E-state index is -3.46. The highest BCUT2D eigenvalue weighted by Crippen LogP contribution is 2.32. The molecule has 0 radical (unpaired) electrons. The summed E-state index contributed by atoms with van der Waals surface area (Å²) < 4.78 is 25.4. The van der Waals surface area contributed by atoms with Crippen molar-refractivity contribution >= 4 is 21.7 Å². The number of hydrogen-bond acceptors (Lipinski definition) is 3. The van der Waals surface area contributed by atoms with Gasteiger partial charge < -0.3 is 10.6 Å². The van der Waals surface area contributed by atoms with Crippen LogP contribution in [-0.2, 0) is 16.6 Å². The smallest absolute Gasteiger partial charge is 0.319 e. The van der Waals surface area contributed by atoms with E-state index in [2.05, 4.69) is 38.3 Å². The molecule has 0 aromatic heterocycles. The Morgan fingerprint density at radius 3 is 1.90 bits per heavy atom. The van der Waals surface area contributed by atoms with Crippen LogP contribution in [0.3, 0.4) is 0 Å². The first-order chi connectivity index (χ1) is 13.5. The Bertz CT molecular complexity index is 924. The van der Waals surface area contributed by atoms with Gasteiger partial charge in [-0.1, -0.05) is 58.0 Å². The number of carbonyl (C=O) groups excluding carboxylic acids is 1. The maximum atomic E-state index is 12.5. The molecule has 2 aromatic rings. The lowest BCUT2D eigenvalue weighted by Crippen LogP contribution is -2.29. The van der Waals surface area contributed by atoms with Gasteiger partial charge in [0, 0.05) is 26.3 Å². The van der Waals surface area contributed by atoms with Crippen molar-refractivity contribution in [3.05, 3.63) is 59.2 Å². The summed E-state index contributed by atoms with van der Waals surface area (Å²) in [7, 11) is -0.467. The van der Waals surface area contributed by atoms with E-state index in [0.717, 1.165) is 22.4 Å². The SMILES string of the molecule is CC(C)c1cccc(C(C)C)c1NC(=O)NCc1ccc(S(=O)(=O)N(C)C)cc1. The molecule has 2 N–H and O–H groups in total.